The van der Waals surface area contributed by atoms with Crippen LogP contribution in [0.25, 0.3) is 0 Å². The number of likely N-dealkylation sites (tertiary alicyclic amines) is 1. The van der Waals surface area contributed by atoms with Crippen LogP contribution in [0.5, 0.6) is 11.5 Å². The molecule has 23 heteroatoms. The maximum Gasteiger partial charge on any atom is 0.413 e. The molecule has 6 N–H and O–H groups in total. The van der Waals surface area contributed by atoms with Crippen LogP contribution in [-0.2, 0) is 47.7 Å². The highest BCUT2D eigenvalue weighted by atomic mass is 32.1. The van der Waals surface area contributed by atoms with Gasteiger partial charge in [0.1, 0.15) is 52.0 Å². The second-order valence-corrected chi connectivity index (χ2v) is 26.7. The van der Waals surface area contributed by atoms with E-state index < -0.39 is 108 Å². The summed E-state index contributed by atoms with van der Waals surface area (Å²) in [5.41, 5.74) is -3.80. The Kier molecular flexibility index (Phi) is 30.6. The Bertz CT molecular complexity index is 2780. The molecule has 0 saturated carbocycles. The number of nitrogens with zero attached hydrogens (tertiary/aromatic N) is 1. The second-order valence-electron chi connectivity index (χ2n) is 25.8. The Hall–Kier alpha value is -7.01. The summed E-state index contributed by atoms with van der Waals surface area (Å²) in [6, 6.07) is 9.83. The first-order valence-corrected chi connectivity index (χ1v) is 32.1. The van der Waals surface area contributed by atoms with Crippen LogP contribution in [-0.4, -0.2) is 126 Å². The summed E-state index contributed by atoms with van der Waals surface area (Å²) in [5, 5.41) is 23.2. The highest BCUT2D eigenvalue weighted by molar-refractivity contribution is 7.10. The molecule has 0 bridgehead atoms. The molecular formula is C66H97F2N7O13S. The number of hydrogen-bond donors (Lipinski definition) is 6. The Labute approximate surface area is 528 Å². The Morgan fingerprint density at radius 2 is 1.21 bits per heavy atom. The molecule has 0 aliphatic carbocycles. The SMILES string of the molecule is CC(NC(=O)[C@@H]1C[C@](F)(COCCNC(=O)CCC(NC(=O)CCCCCCCCCCCCCCCCC(=O)OC(C)(C)C)C(=O)OC(C)(C)C)CN1C(=O)CNC(=O)c1ccc(Oc2ccc(F)cc2)cc1)c1cc(C(=N)NC(=O)OC(C)(C)C)cs1. The highest BCUT2D eigenvalue weighted by Crippen LogP contribution is 2.33. The molecule has 6 amide bonds. The molecule has 2 unspecified atom stereocenters. The number of rotatable bonds is 36. The number of alkyl carbamates (subject to hydrolysis) is 1. The van der Waals surface area contributed by atoms with Crippen molar-refractivity contribution in [2.75, 3.05) is 32.8 Å². The third-order valence-corrected chi connectivity index (χ3v) is 15.1. The number of amidine groups is 1. The van der Waals surface area contributed by atoms with E-state index in [9.17, 15) is 42.7 Å². The van der Waals surface area contributed by atoms with Crippen LogP contribution in [0.3, 0.4) is 0 Å². The van der Waals surface area contributed by atoms with Gasteiger partial charge in [-0.15, -0.1) is 11.3 Å². The quantitative estimate of drug-likeness (QED) is 0.0104. The molecule has 0 spiro atoms. The van der Waals surface area contributed by atoms with Gasteiger partial charge in [0.25, 0.3) is 5.91 Å². The predicted octanol–water partition coefficient (Wildman–Crippen LogP) is 11.8. The van der Waals surface area contributed by atoms with Crippen LogP contribution in [0.4, 0.5) is 13.6 Å². The molecule has 1 aliphatic heterocycles. The van der Waals surface area contributed by atoms with Crippen molar-refractivity contribution in [3.05, 3.63) is 81.8 Å². The van der Waals surface area contributed by atoms with E-state index in [0.29, 0.717) is 34.8 Å². The van der Waals surface area contributed by atoms with E-state index in [1.165, 1.54) is 98.4 Å². The van der Waals surface area contributed by atoms with Gasteiger partial charge in [-0.25, -0.2) is 18.4 Å². The van der Waals surface area contributed by atoms with Crippen LogP contribution in [0.1, 0.15) is 218 Å². The number of hydrogen-bond acceptors (Lipinski definition) is 15. The van der Waals surface area contributed by atoms with Crippen LogP contribution in [0.2, 0.25) is 0 Å². The molecule has 4 rings (SSSR count). The molecule has 494 valence electrons. The average Bonchev–Trinajstić information content (AvgIpc) is 1.79. The Balaban J connectivity index is 1.22. The van der Waals surface area contributed by atoms with E-state index in [2.05, 4.69) is 26.6 Å². The number of carbonyl (C=O) groups excluding carboxylic acids is 8. The molecule has 1 fully saturated rings. The standard InChI is InChI=1S/C66H97F2N7O13S/c1-45(53-39-47(42-89-53)58(69)74-62(83)88-65(8,9)10)72-60(81)52-40-66(68,43-75(52)56(78)41-71-59(80)46-27-31-49(32-28-46)85-50-33-29-48(67)30-34-50)44-84-38-37-70-54(76)36-35-51(61(82)87-64(5,6)7)73-55(77)25-23-21-19-17-15-13-11-12-14-16-18-20-22-24-26-57(79)86-63(2,3)4/h27-34,39,42,45,51-52H,11-26,35-38,40-41,43-44H2,1-10H3,(H,70,76)(H,71,80)(H,72,81)(H,73,77)(H2,69,74,83)/t45?,51?,52-,66+/m0/s1. The number of benzene rings is 2. The van der Waals surface area contributed by atoms with Gasteiger partial charge in [0.15, 0.2) is 5.67 Å². The van der Waals surface area contributed by atoms with Crippen molar-refractivity contribution in [2.24, 2.45) is 0 Å². The number of alkyl halides is 1. The van der Waals surface area contributed by atoms with Crippen molar-refractivity contribution in [1.29, 1.82) is 5.41 Å². The normalized spacial score (nSPS) is 15.7. The number of unbranched alkanes of at least 4 members (excludes halogenated alkanes) is 13. The van der Waals surface area contributed by atoms with Crippen molar-refractivity contribution in [3.8, 4) is 11.5 Å². The minimum Gasteiger partial charge on any atom is -0.460 e. The lowest BCUT2D eigenvalue weighted by Gasteiger charge is -2.25. The summed E-state index contributed by atoms with van der Waals surface area (Å²) in [7, 11) is 0. The molecule has 89 heavy (non-hydrogen) atoms. The highest BCUT2D eigenvalue weighted by Gasteiger charge is 2.50. The van der Waals surface area contributed by atoms with Gasteiger partial charge in [-0.2, -0.15) is 0 Å². The van der Waals surface area contributed by atoms with Crippen molar-refractivity contribution >= 4 is 64.7 Å². The zero-order valence-corrected chi connectivity index (χ0v) is 54.7. The Morgan fingerprint density at radius 3 is 1.78 bits per heavy atom. The fourth-order valence-corrected chi connectivity index (χ4v) is 10.5. The average molecular weight is 1270 g/mol. The molecule has 20 nitrogen and oxygen atoms in total. The zero-order chi connectivity index (χ0) is 65.8. The largest absolute Gasteiger partial charge is 0.460 e. The molecule has 3 aromatic rings. The van der Waals surface area contributed by atoms with Gasteiger partial charge in [-0.3, -0.25) is 39.5 Å². The molecule has 1 aliphatic rings. The minimum atomic E-state index is -2.25. The summed E-state index contributed by atoms with van der Waals surface area (Å²) < 4.78 is 57.8. The first-order valence-electron chi connectivity index (χ1n) is 31.2. The van der Waals surface area contributed by atoms with Gasteiger partial charge in [-0.05, 0) is 143 Å². The number of thiophene rings is 1. The summed E-state index contributed by atoms with van der Waals surface area (Å²) in [5.74, 6) is -3.56. The summed E-state index contributed by atoms with van der Waals surface area (Å²) in [6.07, 6.45) is 14.3. The molecule has 0 radical (unpaired) electrons. The lowest BCUT2D eigenvalue weighted by atomic mass is 10.0. The number of carbonyl (C=O) groups is 8. The summed E-state index contributed by atoms with van der Waals surface area (Å²) in [6.45, 7) is 15.6. The topological polar surface area (TPSA) is 270 Å². The van der Waals surface area contributed by atoms with E-state index in [0.717, 1.165) is 49.8 Å². The maximum atomic E-state index is 16.9. The van der Waals surface area contributed by atoms with Gasteiger partial charge >= 0.3 is 18.0 Å². The molecule has 4 atom stereocenters. The van der Waals surface area contributed by atoms with Crippen LogP contribution < -0.4 is 31.3 Å². The smallest absolute Gasteiger partial charge is 0.413 e. The van der Waals surface area contributed by atoms with Crippen molar-refractivity contribution < 1.29 is 70.8 Å². The molecule has 2 aromatic carbocycles. The minimum absolute atomic E-state index is 0.0358. The number of halogens is 2. The van der Waals surface area contributed by atoms with E-state index in [-0.39, 0.29) is 55.7 Å². The molecular weight excluding hydrogens is 1170 g/mol. The first kappa shape index (κ1) is 74.5. The van der Waals surface area contributed by atoms with Gasteiger partial charge < -0.3 is 49.9 Å². The van der Waals surface area contributed by atoms with E-state index in [1.807, 2.05) is 20.8 Å². The van der Waals surface area contributed by atoms with Crippen molar-refractivity contribution in [1.82, 2.24) is 31.5 Å². The zero-order valence-electron chi connectivity index (χ0n) is 53.9. The van der Waals surface area contributed by atoms with Crippen LogP contribution >= 0.6 is 11.3 Å². The first-order chi connectivity index (χ1) is 41.9. The number of esters is 2. The summed E-state index contributed by atoms with van der Waals surface area (Å²) in [4.78, 5) is 106. The number of ether oxygens (including phenoxy) is 5. The number of nitrogens with one attached hydrogen (secondary N) is 6. The Morgan fingerprint density at radius 1 is 0.674 bits per heavy atom. The lowest BCUT2D eigenvalue weighted by Crippen LogP contribution is -2.49. The van der Waals surface area contributed by atoms with E-state index >= 15 is 4.39 Å². The number of amides is 6. The second kappa shape index (κ2) is 36.6. The molecule has 1 saturated heterocycles. The van der Waals surface area contributed by atoms with Crippen molar-refractivity contribution in [3.63, 3.8) is 0 Å². The summed E-state index contributed by atoms with van der Waals surface area (Å²) >= 11 is 1.20. The molecule has 1 aromatic heterocycles. The monoisotopic (exact) mass is 1270 g/mol. The predicted molar refractivity (Wildman–Crippen MR) is 337 cm³/mol. The van der Waals surface area contributed by atoms with Gasteiger partial charge in [0.05, 0.1) is 32.3 Å². The fourth-order valence-electron chi connectivity index (χ4n) is 9.62. The fraction of sp³-hybridized carbons (Fsp3) is 0.621. The van der Waals surface area contributed by atoms with Crippen LogP contribution in [0.15, 0.2) is 60.0 Å². The van der Waals surface area contributed by atoms with Crippen molar-refractivity contribution in [2.45, 2.75) is 232 Å². The third kappa shape index (κ3) is 30.4. The van der Waals surface area contributed by atoms with E-state index in [1.54, 1.807) is 59.9 Å². The lowest BCUT2D eigenvalue weighted by molar-refractivity contribution is -0.159. The van der Waals surface area contributed by atoms with E-state index in [4.69, 9.17) is 29.1 Å². The maximum absolute atomic E-state index is 16.9. The van der Waals surface area contributed by atoms with Gasteiger partial charge in [-0.1, -0.05) is 77.0 Å². The van der Waals surface area contributed by atoms with Gasteiger partial charge in [0, 0.05) is 53.6 Å². The van der Waals surface area contributed by atoms with Gasteiger partial charge in [0.2, 0.25) is 23.6 Å². The van der Waals surface area contributed by atoms with Crippen LogP contribution in [0, 0.1) is 11.2 Å². The third-order valence-electron chi connectivity index (χ3n) is 14.0. The molecule has 2 heterocycles.